The Morgan fingerprint density at radius 2 is 1.71 bits per heavy atom. The normalized spacial score (nSPS) is 32.0. The molecule has 2 rings (SSSR count). The summed E-state index contributed by atoms with van der Waals surface area (Å²) in [6, 6.07) is 0. The highest BCUT2D eigenvalue weighted by Crippen LogP contribution is 2.39. The fraction of sp³-hybridized carbons (Fsp3) is 0.933. The maximum Gasteiger partial charge on any atom is 0.310 e. The Morgan fingerprint density at radius 1 is 1.14 bits per heavy atom. The van der Waals surface area contributed by atoms with Gasteiger partial charge < -0.3 is 5.11 Å². The van der Waals surface area contributed by atoms with Crippen molar-refractivity contribution in [3.63, 3.8) is 0 Å². The van der Waals surface area contributed by atoms with Gasteiger partial charge in [-0.25, -0.2) is 13.1 Å². The van der Waals surface area contributed by atoms with Gasteiger partial charge in [0, 0.05) is 6.54 Å². The van der Waals surface area contributed by atoms with Crippen LogP contribution >= 0.6 is 0 Å². The van der Waals surface area contributed by atoms with Crippen molar-refractivity contribution in [3.8, 4) is 0 Å². The summed E-state index contributed by atoms with van der Waals surface area (Å²) < 4.78 is 27.3. The Balaban J connectivity index is 2.00. The molecule has 0 unspecified atom stereocenters. The van der Waals surface area contributed by atoms with Crippen molar-refractivity contribution in [2.75, 3.05) is 6.54 Å². The van der Waals surface area contributed by atoms with Gasteiger partial charge >= 0.3 is 5.97 Å². The van der Waals surface area contributed by atoms with Crippen LogP contribution in [0.1, 0.15) is 64.7 Å². The molecule has 6 heteroatoms. The molecule has 2 aliphatic rings. The van der Waals surface area contributed by atoms with E-state index in [9.17, 15) is 18.3 Å². The number of nitrogens with one attached hydrogen (secondary N) is 1. The van der Waals surface area contributed by atoms with Crippen molar-refractivity contribution in [2.45, 2.75) is 70.0 Å². The zero-order chi connectivity index (χ0) is 15.5. The van der Waals surface area contributed by atoms with Gasteiger partial charge in [-0.2, -0.15) is 0 Å². The second-order valence-corrected chi connectivity index (χ2v) is 8.94. The second kappa shape index (κ2) is 6.65. The molecule has 0 aliphatic heterocycles. The standard InChI is InChI=1S/C15H27NO4S/c1-12-7-9-15(10-8-12,14(17)18)11-16-21(19,20)13-5-3-2-4-6-13/h12-13,16H,2-11H2,1H3,(H,17,18). The first-order valence-corrected chi connectivity index (χ1v) is 9.62. The van der Waals surface area contributed by atoms with Crippen molar-refractivity contribution in [3.05, 3.63) is 0 Å². The molecule has 0 saturated heterocycles. The fourth-order valence-corrected chi connectivity index (χ4v) is 5.18. The molecule has 0 aromatic rings. The molecule has 0 heterocycles. The van der Waals surface area contributed by atoms with Crippen molar-refractivity contribution in [2.24, 2.45) is 11.3 Å². The second-order valence-electron chi connectivity index (χ2n) is 6.89. The average molecular weight is 317 g/mol. The van der Waals surface area contributed by atoms with E-state index in [2.05, 4.69) is 11.6 Å². The molecule has 0 aromatic carbocycles. The van der Waals surface area contributed by atoms with E-state index in [1.54, 1.807) is 0 Å². The molecule has 21 heavy (non-hydrogen) atoms. The third-order valence-electron chi connectivity index (χ3n) is 5.29. The van der Waals surface area contributed by atoms with Crippen molar-refractivity contribution >= 4 is 16.0 Å². The Morgan fingerprint density at radius 3 is 2.24 bits per heavy atom. The van der Waals surface area contributed by atoms with Crippen LogP contribution in [0.2, 0.25) is 0 Å². The third-order valence-corrected chi connectivity index (χ3v) is 7.18. The molecule has 0 spiro atoms. The van der Waals surface area contributed by atoms with Gasteiger partial charge in [0.1, 0.15) is 0 Å². The monoisotopic (exact) mass is 317 g/mol. The van der Waals surface area contributed by atoms with Crippen LogP contribution in [0.4, 0.5) is 0 Å². The predicted molar refractivity (Wildman–Crippen MR) is 81.5 cm³/mol. The third kappa shape index (κ3) is 3.97. The highest BCUT2D eigenvalue weighted by Gasteiger charge is 2.42. The number of hydrogen-bond donors (Lipinski definition) is 2. The Labute approximate surface area is 127 Å². The largest absolute Gasteiger partial charge is 0.481 e. The van der Waals surface area contributed by atoms with Crippen molar-refractivity contribution in [1.29, 1.82) is 0 Å². The Kier molecular flexibility index (Phi) is 5.30. The van der Waals surface area contributed by atoms with Crippen LogP contribution in [-0.2, 0) is 14.8 Å². The number of carbonyl (C=O) groups is 1. The van der Waals surface area contributed by atoms with Crippen molar-refractivity contribution in [1.82, 2.24) is 4.72 Å². The quantitative estimate of drug-likeness (QED) is 0.816. The summed E-state index contributed by atoms with van der Waals surface area (Å²) in [6.45, 7) is 2.17. The first-order valence-electron chi connectivity index (χ1n) is 8.08. The van der Waals surface area contributed by atoms with Crippen LogP contribution in [-0.4, -0.2) is 31.3 Å². The van der Waals surface area contributed by atoms with E-state index in [1.165, 1.54) is 0 Å². The van der Waals surface area contributed by atoms with E-state index in [0.29, 0.717) is 31.6 Å². The van der Waals surface area contributed by atoms with Gasteiger partial charge in [0.2, 0.25) is 10.0 Å². The van der Waals surface area contributed by atoms with E-state index in [4.69, 9.17) is 0 Å². The molecule has 0 radical (unpaired) electrons. The topological polar surface area (TPSA) is 83.5 Å². The van der Waals surface area contributed by atoms with Gasteiger partial charge in [-0.05, 0) is 44.4 Å². The molecular formula is C15H27NO4S. The number of aliphatic carboxylic acids is 1. The van der Waals surface area contributed by atoms with E-state index >= 15 is 0 Å². The molecule has 2 fully saturated rings. The fourth-order valence-electron chi connectivity index (χ4n) is 3.51. The molecule has 2 saturated carbocycles. The first-order chi connectivity index (χ1) is 9.86. The van der Waals surface area contributed by atoms with Gasteiger partial charge in [0.05, 0.1) is 10.7 Å². The van der Waals surface area contributed by atoms with E-state index < -0.39 is 21.4 Å². The number of hydrogen-bond acceptors (Lipinski definition) is 3. The summed E-state index contributed by atoms with van der Waals surface area (Å²) in [6.07, 6.45) is 7.25. The summed E-state index contributed by atoms with van der Waals surface area (Å²) in [7, 11) is -3.38. The molecule has 2 N–H and O–H groups in total. The minimum absolute atomic E-state index is 0.0495. The lowest BCUT2D eigenvalue weighted by Crippen LogP contribution is -2.47. The minimum atomic E-state index is -3.38. The maximum atomic E-state index is 12.4. The molecule has 0 amide bonds. The molecule has 5 nitrogen and oxygen atoms in total. The SMILES string of the molecule is CC1CCC(CNS(=O)(=O)C2CCCCC2)(C(=O)O)CC1. The summed E-state index contributed by atoms with van der Waals surface area (Å²) in [4.78, 5) is 11.6. The van der Waals surface area contributed by atoms with Gasteiger partial charge in [0.15, 0.2) is 0 Å². The van der Waals surface area contributed by atoms with Crippen LogP contribution in [0.5, 0.6) is 0 Å². The van der Waals surface area contributed by atoms with Crippen LogP contribution in [0.3, 0.4) is 0 Å². The highest BCUT2D eigenvalue weighted by molar-refractivity contribution is 7.90. The van der Waals surface area contributed by atoms with E-state index in [0.717, 1.165) is 32.1 Å². The lowest BCUT2D eigenvalue weighted by molar-refractivity contribution is -0.151. The smallest absolute Gasteiger partial charge is 0.310 e. The molecule has 122 valence electrons. The minimum Gasteiger partial charge on any atom is -0.481 e. The van der Waals surface area contributed by atoms with Crippen LogP contribution < -0.4 is 4.72 Å². The predicted octanol–water partition coefficient (Wildman–Crippen LogP) is 2.52. The van der Waals surface area contributed by atoms with Crippen molar-refractivity contribution < 1.29 is 18.3 Å². The summed E-state index contributed by atoms with van der Waals surface area (Å²) in [5, 5.41) is 9.21. The molecule has 0 aromatic heterocycles. The lowest BCUT2D eigenvalue weighted by atomic mass is 9.71. The van der Waals surface area contributed by atoms with Gasteiger partial charge in [0.25, 0.3) is 0 Å². The molecule has 0 bridgehead atoms. The number of rotatable bonds is 5. The van der Waals surface area contributed by atoms with Crippen LogP contribution in [0.15, 0.2) is 0 Å². The number of sulfonamides is 1. The number of carboxylic acids is 1. The van der Waals surface area contributed by atoms with E-state index in [1.807, 2.05) is 0 Å². The number of carboxylic acid groups (broad SMARTS) is 1. The molecule has 0 atom stereocenters. The maximum absolute atomic E-state index is 12.4. The summed E-state index contributed by atoms with van der Waals surface area (Å²) in [5.41, 5.74) is -0.908. The summed E-state index contributed by atoms with van der Waals surface area (Å²) >= 11 is 0. The summed E-state index contributed by atoms with van der Waals surface area (Å²) in [5.74, 6) is -0.326. The van der Waals surface area contributed by atoms with Crippen LogP contribution in [0, 0.1) is 11.3 Å². The van der Waals surface area contributed by atoms with Gasteiger partial charge in [-0.15, -0.1) is 0 Å². The van der Waals surface area contributed by atoms with Gasteiger partial charge in [-0.1, -0.05) is 26.2 Å². The zero-order valence-electron chi connectivity index (χ0n) is 12.8. The highest BCUT2D eigenvalue weighted by atomic mass is 32.2. The zero-order valence-corrected chi connectivity index (χ0v) is 13.6. The molecular weight excluding hydrogens is 290 g/mol. The Hall–Kier alpha value is -0.620. The lowest BCUT2D eigenvalue weighted by Gasteiger charge is -2.36. The Bertz CT molecular complexity index is 460. The van der Waals surface area contributed by atoms with Gasteiger partial charge in [-0.3, -0.25) is 4.79 Å². The first kappa shape index (κ1) is 16.7. The van der Waals surface area contributed by atoms with Crippen LogP contribution in [0.25, 0.3) is 0 Å². The molecule has 2 aliphatic carbocycles. The average Bonchev–Trinajstić information content (AvgIpc) is 2.48. The van der Waals surface area contributed by atoms with E-state index in [-0.39, 0.29) is 11.8 Å².